The minimum Gasteiger partial charge on any atom is -0.488 e. The van der Waals surface area contributed by atoms with E-state index in [-0.39, 0.29) is 6.61 Å². The number of halogens is 2. The third-order valence-corrected chi connectivity index (χ3v) is 4.66. The molecule has 0 saturated heterocycles. The Morgan fingerprint density at radius 1 is 0.867 bits per heavy atom. The Bertz CT molecular complexity index is 1090. The molecule has 3 aromatic rings. The molecule has 6 nitrogen and oxygen atoms in total. The molecule has 8 heteroatoms. The van der Waals surface area contributed by atoms with E-state index in [1.807, 2.05) is 24.3 Å². The van der Waals surface area contributed by atoms with Gasteiger partial charge in [0.05, 0.1) is 16.9 Å². The first-order chi connectivity index (χ1) is 14.5. The molecule has 0 aromatic heterocycles. The van der Waals surface area contributed by atoms with E-state index in [0.29, 0.717) is 27.0 Å². The number of para-hydroxylation sites is 2. The Morgan fingerprint density at radius 2 is 1.53 bits per heavy atom. The van der Waals surface area contributed by atoms with Crippen molar-refractivity contribution in [2.45, 2.75) is 6.61 Å². The van der Waals surface area contributed by atoms with Crippen molar-refractivity contribution in [3.05, 3.63) is 94.0 Å². The molecule has 0 aliphatic rings. The monoisotopic (exact) mass is 441 g/mol. The highest BCUT2D eigenvalue weighted by molar-refractivity contribution is 6.41. The third-order valence-electron chi connectivity index (χ3n) is 3.96. The van der Waals surface area contributed by atoms with Crippen molar-refractivity contribution in [3.63, 3.8) is 0 Å². The van der Waals surface area contributed by atoms with E-state index in [1.165, 1.54) is 6.21 Å². The van der Waals surface area contributed by atoms with Gasteiger partial charge in [0, 0.05) is 16.1 Å². The average Bonchev–Trinajstić information content (AvgIpc) is 2.75. The molecule has 0 bridgehead atoms. The molecular weight excluding hydrogens is 425 g/mol. The molecule has 2 N–H and O–H groups in total. The number of hydrogen-bond acceptors (Lipinski definition) is 4. The number of carbonyl (C=O) groups excluding carboxylic acids is 2. The summed E-state index contributed by atoms with van der Waals surface area (Å²) < 4.78 is 5.82. The number of nitrogens with one attached hydrogen (secondary N) is 2. The zero-order chi connectivity index (χ0) is 21.3. The maximum atomic E-state index is 12.0. The highest BCUT2D eigenvalue weighted by Crippen LogP contribution is 2.21. The van der Waals surface area contributed by atoms with Crippen molar-refractivity contribution < 1.29 is 14.3 Å². The molecule has 3 rings (SSSR count). The van der Waals surface area contributed by atoms with E-state index in [1.54, 1.807) is 48.5 Å². The number of anilines is 1. The molecule has 0 unspecified atom stereocenters. The Morgan fingerprint density at radius 3 is 2.30 bits per heavy atom. The minimum atomic E-state index is -0.930. The van der Waals surface area contributed by atoms with Gasteiger partial charge in [-0.3, -0.25) is 9.59 Å². The Balaban J connectivity index is 1.59. The summed E-state index contributed by atoms with van der Waals surface area (Å²) in [6, 6.07) is 21.1. The van der Waals surface area contributed by atoms with Gasteiger partial charge in [-0.15, -0.1) is 0 Å². The first kappa shape index (κ1) is 21.4. The maximum Gasteiger partial charge on any atom is 0.329 e. The average molecular weight is 442 g/mol. The van der Waals surface area contributed by atoms with Crippen LogP contribution in [0.5, 0.6) is 5.75 Å². The van der Waals surface area contributed by atoms with Gasteiger partial charge in [0.1, 0.15) is 12.4 Å². The number of carbonyl (C=O) groups is 2. The first-order valence-electron chi connectivity index (χ1n) is 8.89. The van der Waals surface area contributed by atoms with Crippen LogP contribution in [0.3, 0.4) is 0 Å². The van der Waals surface area contributed by atoms with Gasteiger partial charge in [0.25, 0.3) is 0 Å². The molecule has 0 radical (unpaired) electrons. The molecule has 0 heterocycles. The summed E-state index contributed by atoms with van der Waals surface area (Å²) in [6.45, 7) is 0.275. The van der Waals surface area contributed by atoms with Gasteiger partial charge < -0.3 is 10.1 Å². The van der Waals surface area contributed by atoms with Crippen LogP contribution < -0.4 is 15.5 Å². The van der Waals surface area contributed by atoms with Gasteiger partial charge in [-0.05, 0) is 30.3 Å². The zero-order valence-corrected chi connectivity index (χ0v) is 17.2. The number of benzene rings is 3. The number of ether oxygens (including phenoxy) is 1. The number of nitrogens with zero attached hydrogens (tertiary/aromatic N) is 1. The van der Waals surface area contributed by atoms with Gasteiger partial charge >= 0.3 is 11.8 Å². The topological polar surface area (TPSA) is 79.8 Å². The van der Waals surface area contributed by atoms with E-state index in [4.69, 9.17) is 27.9 Å². The summed E-state index contributed by atoms with van der Waals surface area (Å²) in [5, 5.41) is 7.19. The lowest BCUT2D eigenvalue weighted by molar-refractivity contribution is -0.136. The lowest BCUT2D eigenvalue weighted by atomic mass is 10.2. The molecule has 0 spiro atoms. The second-order valence-electron chi connectivity index (χ2n) is 6.05. The van der Waals surface area contributed by atoms with Crippen molar-refractivity contribution in [3.8, 4) is 5.75 Å². The van der Waals surface area contributed by atoms with Crippen LogP contribution in [-0.4, -0.2) is 18.0 Å². The molecule has 0 aliphatic carbocycles. The summed E-state index contributed by atoms with van der Waals surface area (Å²) in [6.07, 6.45) is 1.39. The zero-order valence-electron chi connectivity index (χ0n) is 15.6. The van der Waals surface area contributed by atoms with E-state index in [9.17, 15) is 9.59 Å². The molecule has 3 aromatic carbocycles. The molecule has 0 aliphatic heterocycles. The van der Waals surface area contributed by atoms with Crippen LogP contribution in [0.25, 0.3) is 0 Å². The van der Waals surface area contributed by atoms with E-state index < -0.39 is 11.8 Å². The van der Waals surface area contributed by atoms with Crippen LogP contribution in [0, 0.1) is 0 Å². The summed E-state index contributed by atoms with van der Waals surface area (Å²) in [4.78, 5) is 23.9. The highest BCUT2D eigenvalue weighted by Gasteiger charge is 2.14. The van der Waals surface area contributed by atoms with Crippen LogP contribution in [0.1, 0.15) is 11.1 Å². The standard InChI is InChI=1S/C22H17Cl2N3O3/c23-17-9-3-1-8-16(17)14-30-20-12-6-2-7-15(20)13-25-27-22(29)21(28)26-19-11-5-4-10-18(19)24/h1-13H,14H2,(H,26,28)(H,27,29)/b25-13-. The van der Waals surface area contributed by atoms with Crippen LogP contribution in [0.15, 0.2) is 77.9 Å². The summed E-state index contributed by atoms with van der Waals surface area (Å²) in [7, 11) is 0. The molecule has 0 atom stereocenters. The van der Waals surface area contributed by atoms with Crippen LogP contribution >= 0.6 is 23.2 Å². The summed E-state index contributed by atoms with van der Waals surface area (Å²) in [5.41, 5.74) is 3.98. The third kappa shape index (κ3) is 5.83. The van der Waals surface area contributed by atoms with E-state index in [0.717, 1.165) is 5.56 Å². The van der Waals surface area contributed by atoms with Crippen molar-refractivity contribution in [2.75, 3.05) is 5.32 Å². The van der Waals surface area contributed by atoms with Crippen molar-refractivity contribution in [2.24, 2.45) is 5.10 Å². The first-order valence-corrected chi connectivity index (χ1v) is 9.64. The van der Waals surface area contributed by atoms with Crippen molar-refractivity contribution in [1.29, 1.82) is 0 Å². The Labute approximate surface area is 183 Å². The van der Waals surface area contributed by atoms with E-state index in [2.05, 4.69) is 15.8 Å². The van der Waals surface area contributed by atoms with Gasteiger partial charge in [-0.2, -0.15) is 5.10 Å². The van der Waals surface area contributed by atoms with Crippen molar-refractivity contribution >= 4 is 46.9 Å². The molecule has 152 valence electrons. The number of rotatable bonds is 6. The van der Waals surface area contributed by atoms with Gasteiger partial charge in [0.2, 0.25) is 0 Å². The van der Waals surface area contributed by atoms with Crippen LogP contribution in [-0.2, 0) is 16.2 Å². The van der Waals surface area contributed by atoms with Gasteiger partial charge in [-0.25, -0.2) is 5.43 Å². The minimum absolute atomic E-state index is 0.275. The highest BCUT2D eigenvalue weighted by atomic mass is 35.5. The van der Waals surface area contributed by atoms with Gasteiger partial charge in [0.15, 0.2) is 0 Å². The second kappa shape index (κ2) is 10.4. The number of hydrazone groups is 1. The Kier molecular flexibility index (Phi) is 7.43. The lowest BCUT2D eigenvalue weighted by Gasteiger charge is -2.10. The molecular formula is C22H17Cl2N3O3. The summed E-state index contributed by atoms with van der Waals surface area (Å²) in [5.74, 6) is -1.26. The molecule has 0 fully saturated rings. The fourth-order valence-corrected chi connectivity index (χ4v) is 2.82. The normalized spacial score (nSPS) is 10.6. The van der Waals surface area contributed by atoms with Crippen LogP contribution in [0.4, 0.5) is 5.69 Å². The van der Waals surface area contributed by atoms with Crippen LogP contribution in [0.2, 0.25) is 10.0 Å². The van der Waals surface area contributed by atoms with Crippen molar-refractivity contribution in [1.82, 2.24) is 5.43 Å². The molecule has 2 amide bonds. The fraction of sp³-hybridized carbons (Fsp3) is 0.0455. The molecule has 30 heavy (non-hydrogen) atoms. The number of amides is 2. The molecule has 0 saturated carbocycles. The SMILES string of the molecule is O=C(N/N=C\c1ccccc1OCc1ccccc1Cl)C(=O)Nc1ccccc1Cl. The maximum absolute atomic E-state index is 12.0. The van der Waals surface area contributed by atoms with Gasteiger partial charge in [-0.1, -0.05) is 65.7 Å². The smallest absolute Gasteiger partial charge is 0.329 e. The predicted molar refractivity (Wildman–Crippen MR) is 118 cm³/mol. The number of hydrogen-bond donors (Lipinski definition) is 2. The van der Waals surface area contributed by atoms with E-state index >= 15 is 0 Å². The largest absolute Gasteiger partial charge is 0.488 e. The fourth-order valence-electron chi connectivity index (χ4n) is 2.44. The quantitative estimate of drug-likeness (QED) is 0.331. The second-order valence-corrected chi connectivity index (χ2v) is 6.87. The lowest BCUT2D eigenvalue weighted by Crippen LogP contribution is -2.32. The predicted octanol–water partition coefficient (Wildman–Crippen LogP) is 4.66. The summed E-state index contributed by atoms with van der Waals surface area (Å²) >= 11 is 12.1. The Hall–Kier alpha value is -3.35.